The van der Waals surface area contributed by atoms with Crippen molar-refractivity contribution in [2.45, 2.75) is 38.4 Å². The second-order valence-electron chi connectivity index (χ2n) is 5.68. The Morgan fingerprint density at radius 3 is 2.29 bits per heavy atom. The lowest BCUT2D eigenvalue weighted by molar-refractivity contribution is -0.138. The van der Waals surface area contributed by atoms with E-state index in [4.69, 9.17) is 0 Å². The highest BCUT2D eigenvalue weighted by Gasteiger charge is 2.39. The summed E-state index contributed by atoms with van der Waals surface area (Å²) >= 11 is 3.42. The average molecular weight is 320 g/mol. The van der Waals surface area contributed by atoms with Gasteiger partial charge in [-0.1, -0.05) is 12.1 Å². The lowest BCUT2D eigenvalue weighted by Crippen LogP contribution is -2.52. The molecule has 21 heavy (non-hydrogen) atoms. The van der Waals surface area contributed by atoms with Crippen molar-refractivity contribution in [3.05, 3.63) is 44.8 Å². The number of rotatable bonds is 5. The molecule has 2 aromatic heterocycles. The molecule has 1 fully saturated rings. The van der Waals surface area contributed by atoms with Gasteiger partial charge in [-0.3, -0.25) is 4.79 Å². The minimum Gasteiger partial charge on any atom is -0.331 e. The van der Waals surface area contributed by atoms with E-state index in [2.05, 4.69) is 28.2 Å². The maximum atomic E-state index is 13.0. The van der Waals surface area contributed by atoms with Crippen molar-refractivity contribution in [3.63, 3.8) is 0 Å². The maximum absolute atomic E-state index is 13.0. The normalized spacial score (nSPS) is 21.6. The standard InChI is InChI=1S/C16H20N2OS2/c1-16(7-4-8-17-16)15(19)18(11-13-5-2-9-20-13)12-14-6-3-10-21-14/h2-3,5-6,9-10,17H,4,7-8,11-12H2,1H3. The summed E-state index contributed by atoms with van der Waals surface area (Å²) in [5.74, 6) is 0.224. The fourth-order valence-electron chi connectivity index (χ4n) is 2.81. The molecule has 0 spiro atoms. The summed E-state index contributed by atoms with van der Waals surface area (Å²) in [6.07, 6.45) is 2.01. The molecule has 0 aromatic carbocycles. The third kappa shape index (κ3) is 3.36. The van der Waals surface area contributed by atoms with Gasteiger partial charge in [-0.2, -0.15) is 0 Å². The van der Waals surface area contributed by atoms with E-state index in [1.54, 1.807) is 22.7 Å². The van der Waals surface area contributed by atoms with Gasteiger partial charge in [0.05, 0.1) is 18.6 Å². The first-order valence-electron chi connectivity index (χ1n) is 7.26. The lowest BCUT2D eigenvalue weighted by Gasteiger charge is -2.31. The van der Waals surface area contributed by atoms with E-state index < -0.39 is 5.54 Å². The van der Waals surface area contributed by atoms with Crippen LogP contribution in [0.5, 0.6) is 0 Å². The first-order chi connectivity index (χ1) is 10.2. The summed E-state index contributed by atoms with van der Waals surface area (Å²) in [7, 11) is 0. The molecule has 1 saturated heterocycles. The Morgan fingerprint density at radius 2 is 1.86 bits per heavy atom. The quantitative estimate of drug-likeness (QED) is 0.915. The zero-order valence-electron chi connectivity index (χ0n) is 12.2. The first-order valence-corrected chi connectivity index (χ1v) is 9.02. The van der Waals surface area contributed by atoms with E-state index >= 15 is 0 Å². The van der Waals surface area contributed by atoms with Crippen LogP contribution >= 0.6 is 22.7 Å². The molecule has 0 radical (unpaired) electrons. The maximum Gasteiger partial charge on any atom is 0.243 e. The topological polar surface area (TPSA) is 32.3 Å². The van der Waals surface area contributed by atoms with Gasteiger partial charge in [0.2, 0.25) is 5.91 Å². The molecule has 1 unspecified atom stereocenters. The van der Waals surface area contributed by atoms with Crippen molar-refractivity contribution in [1.29, 1.82) is 0 Å². The molecule has 1 aliphatic heterocycles. The van der Waals surface area contributed by atoms with Crippen LogP contribution in [0, 0.1) is 0 Å². The number of amides is 1. The fourth-order valence-corrected chi connectivity index (χ4v) is 4.25. The van der Waals surface area contributed by atoms with Gasteiger partial charge >= 0.3 is 0 Å². The van der Waals surface area contributed by atoms with Crippen LogP contribution in [0.25, 0.3) is 0 Å². The fraction of sp³-hybridized carbons (Fsp3) is 0.438. The Balaban J connectivity index is 1.79. The Morgan fingerprint density at radius 1 is 1.24 bits per heavy atom. The zero-order chi connectivity index (χ0) is 14.7. The van der Waals surface area contributed by atoms with Crippen LogP contribution in [-0.4, -0.2) is 22.9 Å². The summed E-state index contributed by atoms with van der Waals surface area (Å²) in [5.41, 5.74) is -0.394. The molecule has 5 heteroatoms. The smallest absolute Gasteiger partial charge is 0.243 e. The number of nitrogens with one attached hydrogen (secondary N) is 1. The number of thiophene rings is 2. The summed E-state index contributed by atoms with van der Waals surface area (Å²) < 4.78 is 0. The first kappa shape index (κ1) is 14.8. The predicted molar refractivity (Wildman–Crippen MR) is 88.5 cm³/mol. The van der Waals surface area contributed by atoms with Crippen molar-refractivity contribution in [2.75, 3.05) is 6.54 Å². The zero-order valence-corrected chi connectivity index (χ0v) is 13.8. The van der Waals surface area contributed by atoms with Gasteiger partial charge in [0.15, 0.2) is 0 Å². The number of carbonyl (C=O) groups is 1. The van der Waals surface area contributed by atoms with Gasteiger partial charge in [0.1, 0.15) is 0 Å². The highest BCUT2D eigenvalue weighted by Crippen LogP contribution is 2.25. The third-order valence-corrected chi connectivity index (χ3v) is 5.70. The van der Waals surface area contributed by atoms with Crippen molar-refractivity contribution in [2.24, 2.45) is 0 Å². The molecular weight excluding hydrogens is 300 g/mol. The molecular formula is C16H20N2OS2. The van der Waals surface area contributed by atoms with Gasteiger partial charge in [-0.05, 0) is 49.2 Å². The molecule has 3 rings (SSSR count). The molecule has 3 heterocycles. The van der Waals surface area contributed by atoms with E-state index in [9.17, 15) is 4.79 Å². The van der Waals surface area contributed by atoms with Gasteiger partial charge in [0.25, 0.3) is 0 Å². The molecule has 3 nitrogen and oxygen atoms in total. The molecule has 2 aromatic rings. The molecule has 1 amide bonds. The lowest BCUT2D eigenvalue weighted by atomic mass is 9.98. The highest BCUT2D eigenvalue weighted by molar-refractivity contribution is 7.10. The van der Waals surface area contributed by atoms with E-state index in [0.717, 1.165) is 19.4 Å². The molecule has 112 valence electrons. The minimum absolute atomic E-state index is 0.224. The predicted octanol–water partition coefficient (Wildman–Crippen LogP) is 3.48. The number of hydrogen-bond acceptors (Lipinski definition) is 4. The molecule has 1 atom stereocenters. The van der Waals surface area contributed by atoms with Gasteiger partial charge in [-0.25, -0.2) is 0 Å². The van der Waals surface area contributed by atoms with Crippen molar-refractivity contribution in [1.82, 2.24) is 10.2 Å². The largest absolute Gasteiger partial charge is 0.331 e. The molecule has 1 N–H and O–H groups in total. The van der Waals surface area contributed by atoms with Crippen LogP contribution in [0.3, 0.4) is 0 Å². The van der Waals surface area contributed by atoms with Crippen LogP contribution in [-0.2, 0) is 17.9 Å². The monoisotopic (exact) mass is 320 g/mol. The Bertz CT molecular complexity index is 535. The van der Waals surface area contributed by atoms with Crippen LogP contribution in [0.1, 0.15) is 29.5 Å². The van der Waals surface area contributed by atoms with Crippen LogP contribution in [0.4, 0.5) is 0 Å². The van der Waals surface area contributed by atoms with Crippen molar-refractivity contribution in [3.8, 4) is 0 Å². The second-order valence-corrected chi connectivity index (χ2v) is 7.75. The molecule has 0 aliphatic carbocycles. The third-order valence-electron chi connectivity index (χ3n) is 3.98. The Kier molecular flexibility index (Phi) is 4.42. The number of nitrogens with zero attached hydrogens (tertiary/aromatic N) is 1. The van der Waals surface area contributed by atoms with E-state index in [0.29, 0.717) is 13.1 Å². The van der Waals surface area contributed by atoms with Gasteiger partial charge in [0, 0.05) is 9.75 Å². The van der Waals surface area contributed by atoms with E-state index in [1.165, 1.54) is 9.75 Å². The average Bonchev–Trinajstić information content (AvgIpc) is 3.20. The Labute approximate surface area is 133 Å². The van der Waals surface area contributed by atoms with Crippen LogP contribution in [0.2, 0.25) is 0 Å². The molecule has 0 saturated carbocycles. The van der Waals surface area contributed by atoms with Gasteiger partial charge < -0.3 is 10.2 Å². The summed E-state index contributed by atoms with van der Waals surface area (Å²) in [6.45, 7) is 4.38. The SMILES string of the molecule is CC1(C(=O)N(Cc2cccs2)Cc2cccs2)CCCN1. The van der Waals surface area contributed by atoms with Crippen LogP contribution < -0.4 is 5.32 Å². The second kappa shape index (κ2) is 6.30. The number of hydrogen-bond donors (Lipinski definition) is 1. The molecule has 0 bridgehead atoms. The van der Waals surface area contributed by atoms with E-state index in [1.807, 2.05) is 24.0 Å². The summed E-state index contributed by atoms with van der Waals surface area (Å²) in [4.78, 5) is 17.5. The van der Waals surface area contributed by atoms with Crippen LogP contribution in [0.15, 0.2) is 35.0 Å². The summed E-state index contributed by atoms with van der Waals surface area (Å²) in [6, 6.07) is 8.29. The Hall–Kier alpha value is -1.17. The van der Waals surface area contributed by atoms with Crippen molar-refractivity contribution < 1.29 is 4.79 Å². The van der Waals surface area contributed by atoms with Gasteiger partial charge in [-0.15, -0.1) is 22.7 Å². The number of carbonyl (C=O) groups excluding carboxylic acids is 1. The summed E-state index contributed by atoms with van der Waals surface area (Å²) in [5, 5.41) is 7.52. The highest BCUT2D eigenvalue weighted by atomic mass is 32.1. The minimum atomic E-state index is -0.394. The molecule has 1 aliphatic rings. The van der Waals surface area contributed by atoms with Crippen molar-refractivity contribution >= 4 is 28.6 Å². The van der Waals surface area contributed by atoms with E-state index in [-0.39, 0.29) is 5.91 Å².